The number of nitrogens with zero attached hydrogens (tertiary/aromatic N) is 1. The van der Waals surface area contributed by atoms with Crippen LogP contribution in [-0.4, -0.2) is 13.4 Å². The maximum absolute atomic E-state index is 13.1. The lowest BCUT2D eigenvalue weighted by molar-refractivity contribution is 0.502. The fourth-order valence-corrected chi connectivity index (χ4v) is 6.63. The van der Waals surface area contributed by atoms with E-state index >= 15 is 0 Å². The highest BCUT2D eigenvalue weighted by atomic mass is 32.2. The highest BCUT2D eigenvalue weighted by Gasteiger charge is 2.26. The van der Waals surface area contributed by atoms with Crippen molar-refractivity contribution >= 4 is 26.5 Å². The Balaban J connectivity index is 2.02. The van der Waals surface area contributed by atoms with Crippen LogP contribution in [0, 0.1) is 40.5 Å². The molecular formula is C19H26N2O2S2. The molecule has 1 aliphatic rings. The number of aromatic nitrogens is 1. The van der Waals surface area contributed by atoms with Crippen molar-refractivity contribution in [2.24, 2.45) is 5.92 Å². The van der Waals surface area contributed by atoms with Gasteiger partial charge in [0.25, 0.3) is 10.0 Å². The molecule has 0 bridgehead atoms. The molecule has 25 heavy (non-hydrogen) atoms. The monoisotopic (exact) mass is 378 g/mol. The minimum absolute atomic E-state index is 0.398. The molecule has 1 heterocycles. The van der Waals surface area contributed by atoms with Crippen molar-refractivity contribution in [3.8, 4) is 0 Å². The lowest BCUT2D eigenvalue weighted by atomic mass is 9.93. The highest BCUT2D eigenvalue weighted by Crippen LogP contribution is 2.35. The normalized spacial score (nSPS) is 17.4. The van der Waals surface area contributed by atoms with Crippen molar-refractivity contribution in [2.75, 3.05) is 4.72 Å². The molecule has 3 rings (SSSR count). The molecule has 4 nitrogen and oxygen atoms in total. The Morgan fingerprint density at radius 2 is 1.56 bits per heavy atom. The van der Waals surface area contributed by atoms with Crippen LogP contribution in [0.5, 0.6) is 0 Å². The first-order valence-electron chi connectivity index (χ1n) is 8.70. The van der Waals surface area contributed by atoms with Crippen LogP contribution in [0.25, 0.3) is 0 Å². The summed E-state index contributed by atoms with van der Waals surface area (Å²) in [4.78, 5) is 6.17. The molecule has 0 spiro atoms. The van der Waals surface area contributed by atoms with Crippen LogP contribution in [-0.2, 0) is 22.9 Å². The first-order chi connectivity index (χ1) is 11.6. The molecule has 0 saturated carbocycles. The largest absolute Gasteiger partial charge is 0.264 e. The Morgan fingerprint density at radius 3 is 2.16 bits per heavy atom. The van der Waals surface area contributed by atoms with Crippen LogP contribution in [0.4, 0.5) is 5.13 Å². The summed E-state index contributed by atoms with van der Waals surface area (Å²) < 4.78 is 28.9. The van der Waals surface area contributed by atoms with Gasteiger partial charge in [0.05, 0.1) is 10.6 Å². The summed E-state index contributed by atoms with van der Waals surface area (Å²) in [6.07, 6.45) is 3.06. The van der Waals surface area contributed by atoms with Crippen LogP contribution in [0.15, 0.2) is 4.90 Å². The van der Waals surface area contributed by atoms with Crippen LogP contribution >= 0.6 is 11.3 Å². The molecule has 1 aromatic heterocycles. The number of fused-ring (bicyclic) bond motifs is 1. The van der Waals surface area contributed by atoms with Crippen molar-refractivity contribution in [2.45, 2.75) is 65.7 Å². The minimum Gasteiger partial charge on any atom is -0.255 e. The van der Waals surface area contributed by atoms with Gasteiger partial charge in [-0.1, -0.05) is 6.92 Å². The summed E-state index contributed by atoms with van der Waals surface area (Å²) in [6, 6.07) is 0. The van der Waals surface area contributed by atoms with Crippen molar-refractivity contribution in [3.63, 3.8) is 0 Å². The number of rotatable bonds is 3. The van der Waals surface area contributed by atoms with Gasteiger partial charge in [0.15, 0.2) is 5.13 Å². The summed E-state index contributed by atoms with van der Waals surface area (Å²) in [5, 5.41) is 0.494. The molecule has 1 N–H and O–H groups in total. The molecule has 1 unspecified atom stereocenters. The predicted octanol–water partition coefficient (Wildman–Crippen LogP) is 4.61. The molecule has 0 aliphatic heterocycles. The van der Waals surface area contributed by atoms with E-state index in [1.54, 1.807) is 0 Å². The fraction of sp³-hybridized carbons (Fsp3) is 0.526. The van der Waals surface area contributed by atoms with Gasteiger partial charge in [-0.05, 0) is 87.6 Å². The van der Waals surface area contributed by atoms with Crippen molar-refractivity contribution in [1.82, 2.24) is 4.98 Å². The molecule has 0 saturated heterocycles. The van der Waals surface area contributed by atoms with Gasteiger partial charge in [0, 0.05) is 4.88 Å². The summed E-state index contributed by atoms with van der Waals surface area (Å²) >= 11 is 1.48. The average molecular weight is 379 g/mol. The maximum atomic E-state index is 13.1. The Bertz CT molecular complexity index is 914. The van der Waals surface area contributed by atoms with Gasteiger partial charge < -0.3 is 0 Å². The Morgan fingerprint density at radius 1 is 1.00 bits per heavy atom. The molecular weight excluding hydrogens is 352 g/mol. The molecule has 0 amide bonds. The van der Waals surface area contributed by atoms with Crippen LogP contribution < -0.4 is 4.72 Å². The SMILES string of the molecule is Cc1c(C)c(C)c(S(=O)(=O)Nc2nc3c(s2)CC(C)CC3)c(C)c1C. The van der Waals surface area contributed by atoms with E-state index in [4.69, 9.17) is 0 Å². The van der Waals surface area contributed by atoms with Crippen LogP contribution in [0.3, 0.4) is 0 Å². The first kappa shape index (κ1) is 18.4. The lowest BCUT2D eigenvalue weighted by Crippen LogP contribution is -2.17. The zero-order valence-electron chi connectivity index (χ0n) is 15.8. The van der Waals surface area contributed by atoms with E-state index in [0.29, 0.717) is 15.9 Å². The van der Waals surface area contributed by atoms with Crippen molar-refractivity contribution < 1.29 is 8.42 Å². The standard InChI is InChI=1S/C19H26N2O2S2/c1-10-7-8-16-17(9-10)24-19(20-16)21-25(22,23)18-14(5)12(3)11(2)13(4)15(18)6/h10H,7-9H2,1-6H3,(H,20,21). The number of hydrogen-bond acceptors (Lipinski definition) is 4. The van der Waals surface area contributed by atoms with E-state index in [9.17, 15) is 8.42 Å². The number of hydrogen-bond donors (Lipinski definition) is 1. The molecule has 1 aliphatic carbocycles. The first-order valence-corrected chi connectivity index (χ1v) is 11.0. The van der Waals surface area contributed by atoms with Crippen LogP contribution in [0.1, 0.15) is 51.7 Å². The van der Waals surface area contributed by atoms with E-state index in [-0.39, 0.29) is 0 Å². The number of nitrogens with one attached hydrogen (secondary N) is 1. The predicted molar refractivity (Wildman–Crippen MR) is 104 cm³/mol. The van der Waals surface area contributed by atoms with Crippen LogP contribution in [0.2, 0.25) is 0 Å². The third kappa shape index (κ3) is 3.22. The Labute approximate surface area is 154 Å². The third-order valence-corrected chi connectivity index (χ3v) is 8.38. The summed E-state index contributed by atoms with van der Waals surface area (Å²) in [6.45, 7) is 12.0. The number of aryl methyl sites for hydroxylation is 1. The lowest BCUT2D eigenvalue weighted by Gasteiger charge is -2.18. The van der Waals surface area contributed by atoms with Gasteiger partial charge in [-0.2, -0.15) is 0 Å². The van der Waals surface area contributed by atoms with Gasteiger partial charge in [-0.15, -0.1) is 11.3 Å². The molecule has 1 aromatic carbocycles. The number of benzene rings is 1. The molecule has 136 valence electrons. The van der Waals surface area contributed by atoms with E-state index in [1.807, 2.05) is 34.6 Å². The van der Waals surface area contributed by atoms with E-state index in [0.717, 1.165) is 52.8 Å². The number of thiazole rings is 1. The van der Waals surface area contributed by atoms with E-state index in [1.165, 1.54) is 16.2 Å². The van der Waals surface area contributed by atoms with Gasteiger partial charge in [-0.3, -0.25) is 4.72 Å². The maximum Gasteiger partial charge on any atom is 0.264 e. The second kappa shape index (κ2) is 6.40. The third-order valence-electron chi connectivity index (χ3n) is 5.61. The molecule has 0 fully saturated rings. The van der Waals surface area contributed by atoms with Crippen molar-refractivity contribution in [1.29, 1.82) is 0 Å². The molecule has 1 atom stereocenters. The Kier molecular flexibility index (Phi) is 4.71. The van der Waals surface area contributed by atoms with Gasteiger partial charge in [0.1, 0.15) is 0 Å². The summed E-state index contributed by atoms with van der Waals surface area (Å²) in [5.74, 6) is 0.643. The zero-order valence-corrected chi connectivity index (χ0v) is 17.4. The van der Waals surface area contributed by atoms with Gasteiger partial charge in [-0.25, -0.2) is 13.4 Å². The minimum atomic E-state index is -3.65. The summed E-state index contributed by atoms with van der Waals surface area (Å²) in [7, 11) is -3.65. The number of sulfonamides is 1. The topological polar surface area (TPSA) is 59.1 Å². The smallest absolute Gasteiger partial charge is 0.255 e. The molecule has 6 heteroatoms. The highest BCUT2D eigenvalue weighted by molar-refractivity contribution is 7.93. The average Bonchev–Trinajstić information content (AvgIpc) is 2.91. The molecule has 2 aromatic rings. The quantitative estimate of drug-likeness (QED) is 0.848. The molecule has 0 radical (unpaired) electrons. The van der Waals surface area contributed by atoms with E-state index < -0.39 is 10.0 Å². The fourth-order valence-electron chi connectivity index (χ4n) is 3.62. The second-order valence-electron chi connectivity index (χ2n) is 7.30. The van der Waals surface area contributed by atoms with Crippen molar-refractivity contribution in [3.05, 3.63) is 38.4 Å². The number of anilines is 1. The van der Waals surface area contributed by atoms with E-state index in [2.05, 4.69) is 16.6 Å². The van der Waals surface area contributed by atoms with Gasteiger partial charge in [0.2, 0.25) is 0 Å². The second-order valence-corrected chi connectivity index (χ2v) is 10.00. The zero-order chi connectivity index (χ0) is 18.5. The summed E-state index contributed by atoms with van der Waals surface area (Å²) in [5.41, 5.74) is 5.94. The van der Waals surface area contributed by atoms with Gasteiger partial charge >= 0.3 is 0 Å². The Hall–Kier alpha value is -1.40.